The molecule has 1 N–H and O–H groups in total. The summed E-state index contributed by atoms with van der Waals surface area (Å²) in [6.07, 6.45) is 0.303. The van der Waals surface area contributed by atoms with Crippen LogP contribution in [-0.4, -0.2) is 39.3 Å². The highest BCUT2D eigenvalue weighted by atomic mass is 35.7. The van der Waals surface area contributed by atoms with Crippen molar-refractivity contribution in [3.63, 3.8) is 0 Å². The van der Waals surface area contributed by atoms with Gasteiger partial charge in [0, 0.05) is 30.8 Å². The molecule has 0 amide bonds. The van der Waals surface area contributed by atoms with E-state index < -0.39 is 15.0 Å². The molecular formula is C12H15ClO6S. The molecule has 1 unspecified atom stereocenters. The lowest BCUT2D eigenvalue weighted by atomic mass is 10.2. The van der Waals surface area contributed by atoms with Crippen molar-refractivity contribution in [1.82, 2.24) is 0 Å². The fourth-order valence-corrected chi connectivity index (χ4v) is 2.27. The Morgan fingerprint density at radius 1 is 1.45 bits per heavy atom. The number of rotatable bonds is 7. The summed E-state index contributed by atoms with van der Waals surface area (Å²) in [6, 6.07) is 3.46. The van der Waals surface area contributed by atoms with Gasteiger partial charge in [0.15, 0.2) is 0 Å². The van der Waals surface area contributed by atoms with Crippen LogP contribution in [0, 0.1) is 0 Å². The highest BCUT2D eigenvalue weighted by molar-refractivity contribution is 8.13. The third-order valence-corrected chi connectivity index (χ3v) is 3.87. The summed E-state index contributed by atoms with van der Waals surface area (Å²) in [4.78, 5) is 10.9. The lowest BCUT2D eigenvalue weighted by Crippen LogP contribution is -2.16. The van der Waals surface area contributed by atoms with Crippen molar-refractivity contribution >= 4 is 25.7 Å². The van der Waals surface area contributed by atoms with Crippen LogP contribution in [0.15, 0.2) is 23.1 Å². The van der Waals surface area contributed by atoms with Crippen molar-refractivity contribution in [2.24, 2.45) is 0 Å². The molecule has 1 atom stereocenters. The first kappa shape index (κ1) is 16.7. The molecule has 8 heteroatoms. The first-order chi connectivity index (χ1) is 9.25. The molecule has 1 aromatic carbocycles. The van der Waals surface area contributed by atoms with Crippen LogP contribution in [0.4, 0.5) is 0 Å². The molecule has 0 saturated heterocycles. The van der Waals surface area contributed by atoms with Crippen LogP contribution in [0.1, 0.15) is 23.7 Å². The minimum atomic E-state index is -3.98. The predicted molar refractivity (Wildman–Crippen MR) is 73.0 cm³/mol. The maximum absolute atomic E-state index is 11.2. The van der Waals surface area contributed by atoms with E-state index in [1.165, 1.54) is 12.1 Å². The standard InChI is InChI=1S/C12H15ClO6S/c1-8(5-6-18-2)19-11-4-3-9(20(13,16)17)7-10(11)12(14)15/h3-4,7-8H,5-6H2,1-2H3,(H,14,15). The summed E-state index contributed by atoms with van der Waals surface area (Å²) in [5, 5.41) is 9.10. The van der Waals surface area contributed by atoms with Gasteiger partial charge in [-0.05, 0) is 25.1 Å². The number of carboxylic acid groups (broad SMARTS) is 1. The van der Waals surface area contributed by atoms with Crippen molar-refractivity contribution in [2.75, 3.05) is 13.7 Å². The molecule has 20 heavy (non-hydrogen) atoms. The average Bonchev–Trinajstić information content (AvgIpc) is 2.35. The SMILES string of the molecule is COCCC(C)Oc1ccc(S(=O)(=O)Cl)cc1C(=O)O. The van der Waals surface area contributed by atoms with Crippen molar-refractivity contribution < 1.29 is 27.8 Å². The summed E-state index contributed by atoms with van der Waals surface area (Å²) in [5.74, 6) is -1.20. The normalized spacial score (nSPS) is 12.9. The number of hydrogen-bond donors (Lipinski definition) is 1. The molecule has 0 aliphatic heterocycles. The highest BCUT2D eigenvalue weighted by Gasteiger charge is 2.19. The molecule has 0 saturated carbocycles. The minimum Gasteiger partial charge on any atom is -0.490 e. The van der Waals surface area contributed by atoms with Gasteiger partial charge in [0.2, 0.25) is 0 Å². The predicted octanol–water partition coefficient (Wildman–Crippen LogP) is 2.12. The van der Waals surface area contributed by atoms with Crippen LogP contribution in [0.2, 0.25) is 0 Å². The number of ether oxygens (including phenoxy) is 2. The van der Waals surface area contributed by atoms with Gasteiger partial charge in [0.25, 0.3) is 9.05 Å². The molecule has 0 fully saturated rings. The Kier molecular flexibility index (Phi) is 5.79. The molecule has 112 valence electrons. The van der Waals surface area contributed by atoms with Gasteiger partial charge in [0.05, 0.1) is 11.0 Å². The Labute approximate surface area is 121 Å². The van der Waals surface area contributed by atoms with Gasteiger partial charge < -0.3 is 14.6 Å². The van der Waals surface area contributed by atoms with E-state index in [9.17, 15) is 13.2 Å². The van der Waals surface area contributed by atoms with Gasteiger partial charge in [-0.3, -0.25) is 0 Å². The lowest BCUT2D eigenvalue weighted by molar-refractivity contribution is 0.0687. The van der Waals surface area contributed by atoms with Crippen LogP contribution < -0.4 is 4.74 Å². The fourth-order valence-electron chi connectivity index (χ4n) is 1.49. The second kappa shape index (κ2) is 6.92. The molecule has 1 aromatic rings. The van der Waals surface area contributed by atoms with E-state index in [1.54, 1.807) is 14.0 Å². The zero-order valence-corrected chi connectivity index (χ0v) is 12.6. The number of benzene rings is 1. The van der Waals surface area contributed by atoms with Crippen molar-refractivity contribution in [1.29, 1.82) is 0 Å². The quantitative estimate of drug-likeness (QED) is 0.773. The number of carbonyl (C=O) groups is 1. The summed E-state index contributed by atoms with van der Waals surface area (Å²) in [5.41, 5.74) is -0.254. The van der Waals surface area contributed by atoms with Gasteiger partial charge >= 0.3 is 5.97 Å². The summed E-state index contributed by atoms with van der Waals surface area (Å²) in [6.45, 7) is 2.23. The molecule has 0 aromatic heterocycles. The van der Waals surface area contributed by atoms with E-state index in [2.05, 4.69) is 0 Å². The number of halogens is 1. The Hall–Kier alpha value is -1.31. The Morgan fingerprint density at radius 3 is 2.60 bits per heavy atom. The lowest BCUT2D eigenvalue weighted by Gasteiger charge is -2.16. The van der Waals surface area contributed by atoms with Crippen LogP contribution in [0.5, 0.6) is 5.75 Å². The van der Waals surface area contributed by atoms with E-state index in [0.717, 1.165) is 6.07 Å². The highest BCUT2D eigenvalue weighted by Crippen LogP contribution is 2.26. The maximum Gasteiger partial charge on any atom is 0.339 e. The zero-order chi connectivity index (χ0) is 15.3. The van der Waals surface area contributed by atoms with Crippen LogP contribution >= 0.6 is 10.7 Å². The largest absolute Gasteiger partial charge is 0.490 e. The van der Waals surface area contributed by atoms with Gasteiger partial charge in [-0.15, -0.1) is 0 Å². The smallest absolute Gasteiger partial charge is 0.339 e. The van der Waals surface area contributed by atoms with E-state index >= 15 is 0 Å². The van der Waals surface area contributed by atoms with Crippen LogP contribution in [0.25, 0.3) is 0 Å². The minimum absolute atomic E-state index is 0.0881. The van der Waals surface area contributed by atoms with Gasteiger partial charge in [0.1, 0.15) is 11.3 Å². The van der Waals surface area contributed by atoms with Crippen molar-refractivity contribution in [3.8, 4) is 5.75 Å². The third kappa shape index (κ3) is 4.66. The first-order valence-electron chi connectivity index (χ1n) is 5.73. The topological polar surface area (TPSA) is 89.9 Å². The molecule has 6 nitrogen and oxygen atoms in total. The number of hydrogen-bond acceptors (Lipinski definition) is 5. The summed E-state index contributed by atoms with van der Waals surface area (Å²) >= 11 is 0. The van der Waals surface area contributed by atoms with Gasteiger partial charge in [-0.25, -0.2) is 13.2 Å². The van der Waals surface area contributed by atoms with Crippen molar-refractivity contribution in [3.05, 3.63) is 23.8 Å². The second-order valence-electron chi connectivity index (χ2n) is 4.11. The number of aromatic carboxylic acids is 1. The second-order valence-corrected chi connectivity index (χ2v) is 6.68. The van der Waals surface area contributed by atoms with E-state index in [0.29, 0.717) is 13.0 Å². The summed E-state index contributed by atoms with van der Waals surface area (Å²) in [7, 11) is 2.75. The molecule has 0 spiro atoms. The Morgan fingerprint density at radius 2 is 2.10 bits per heavy atom. The molecule has 1 rings (SSSR count). The first-order valence-corrected chi connectivity index (χ1v) is 8.04. The molecule has 0 radical (unpaired) electrons. The van der Waals surface area contributed by atoms with Gasteiger partial charge in [-0.1, -0.05) is 0 Å². The van der Waals surface area contributed by atoms with Gasteiger partial charge in [-0.2, -0.15) is 0 Å². The third-order valence-electron chi connectivity index (χ3n) is 2.52. The van der Waals surface area contributed by atoms with Crippen LogP contribution in [0.3, 0.4) is 0 Å². The molecule has 0 bridgehead atoms. The van der Waals surface area contributed by atoms with Crippen molar-refractivity contribution in [2.45, 2.75) is 24.3 Å². The fraction of sp³-hybridized carbons (Fsp3) is 0.417. The monoisotopic (exact) mass is 322 g/mol. The average molecular weight is 323 g/mol. The number of carboxylic acids is 1. The zero-order valence-electron chi connectivity index (χ0n) is 11.0. The van der Waals surface area contributed by atoms with E-state index in [-0.39, 0.29) is 22.3 Å². The maximum atomic E-state index is 11.2. The molecule has 0 aliphatic carbocycles. The summed E-state index contributed by atoms with van der Waals surface area (Å²) < 4.78 is 32.8. The van der Waals surface area contributed by atoms with Crippen LogP contribution in [-0.2, 0) is 13.8 Å². The molecular weight excluding hydrogens is 308 g/mol. The Bertz CT molecular complexity index is 584. The van der Waals surface area contributed by atoms with E-state index in [1.807, 2.05) is 0 Å². The van der Waals surface area contributed by atoms with E-state index in [4.69, 9.17) is 25.3 Å². The number of methoxy groups -OCH3 is 1. The molecule has 0 aliphatic rings. The molecule has 0 heterocycles. The Balaban J connectivity index is 3.05.